The van der Waals surface area contributed by atoms with Crippen molar-refractivity contribution in [3.8, 4) is 16.9 Å². The average Bonchev–Trinajstić information content (AvgIpc) is 2.70. The first-order valence-electron chi connectivity index (χ1n) is 8.70. The van der Waals surface area contributed by atoms with Gasteiger partial charge < -0.3 is 20.4 Å². The summed E-state index contributed by atoms with van der Waals surface area (Å²) in [6, 6.07) is 9.26. The van der Waals surface area contributed by atoms with E-state index in [-0.39, 0.29) is 11.0 Å². The zero-order valence-corrected chi connectivity index (χ0v) is 16.1. The van der Waals surface area contributed by atoms with Crippen molar-refractivity contribution >= 4 is 28.6 Å². The Hall–Kier alpha value is -3.88. The van der Waals surface area contributed by atoms with Crippen LogP contribution in [0.25, 0.3) is 22.2 Å². The highest BCUT2D eigenvalue weighted by Gasteiger charge is 2.22. The number of aliphatic carboxylic acids is 1. The molecule has 0 saturated carbocycles. The van der Waals surface area contributed by atoms with Gasteiger partial charge in [0.1, 0.15) is 23.5 Å². The highest BCUT2D eigenvalue weighted by molar-refractivity contribution is 6.03. The standard InChI is InChI=1S/C20H20N4O5/c1-23(2)14-7-5-4-6-12(14)11-8-13-17(27)16(19(28)22-10-15(25)26)20(29)24(3)18(13)21-9-11/h4-9,27H,10H2,1-3H3,(H,22,28)(H,25,26). The van der Waals surface area contributed by atoms with Crippen molar-refractivity contribution in [2.75, 3.05) is 25.5 Å². The fourth-order valence-corrected chi connectivity index (χ4v) is 3.10. The summed E-state index contributed by atoms with van der Waals surface area (Å²) in [4.78, 5) is 41.8. The zero-order chi connectivity index (χ0) is 21.3. The van der Waals surface area contributed by atoms with Crippen LogP contribution in [-0.4, -0.2) is 52.3 Å². The van der Waals surface area contributed by atoms with Gasteiger partial charge in [-0.2, -0.15) is 0 Å². The second-order valence-electron chi connectivity index (χ2n) is 6.67. The number of nitrogens with zero attached hydrogens (tertiary/aromatic N) is 3. The first-order valence-corrected chi connectivity index (χ1v) is 8.70. The number of aromatic nitrogens is 2. The number of pyridine rings is 2. The van der Waals surface area contributed by atoms with Gasteiger partial charge in [-0.15, -0.1) is 0 Å². The van der Waals surface area contributed by atoms with E-state index in [0.717, 1.165) is 15.8 Å². The second-order valence-corrected chi connectivity index (χ2v) is 6.67. The predicted octanol–water partition coefficient (Wildman–Crippen LogP) is 1.19. The molecule has 0 fully saturated rings. The van der Waals surface area contributed by atoms with Gasteiger partial charge in [-0.1, -0.05) is 18.2 Å². The summed E-state index contributed by atoms with van der Waals surface area (Å²) in [5, 5.41) is 21.7. The molecule has 2 aromatic heterocycles. The maximum atomic E-state index is 12.5. The van der Waals surface area contributed by atoms with E-state index in [1.54, 1.807) is 12.3 Å². The van der Waals surface area contributed by atoms with Gasteiger partial charge in [-0.3, -0.25) is 19.0 Å². The van der Waals surface area contributed by atoms with Gasteiger partial charge in [0.25, 0.3) is 11.5 Å². The molecule has 1 aromatic carbocycles. The number of para-hydroxylation sites is 1. The number of carboxylic acids is 1. The topological polar surface area (TPSA) is 125 Å². The molecule has 0 atom stereocenters. The summed E-state index contributed by atoms with van der Waals surface area (Å²) in [7, 11) is 5.23. The normalized spacial score (nSPS) is 10.7. The van der Waals surface area contributed by atoms with E-state index in [1.165, 1.54) is 7.05 Å². The van der Waals surface area contributed by atoms with E-state index in [9.17, 15) is 19.5 Å². The maximum Gasteiger partial charge on any atom is 0.322 e. The number of anilines is 1. The molecule has 9 heteroatoms. The van der Waals surface area contributed by atoms with Crippen molar-refractivity contribution in [1.29, 1.82) is 0 Å². The lowest BCUT2D eigenvalue weighted by Crippen LogP contribution is -2.35. The van der Waals surface area contributed by atoms with Gasteiger partial charge in [0.2, 0.25) is 0 Å². The molecule has 29 heavy (non-hydrogen) atoms. The molecule has 1 amide bonds. The van der Waals surface area contributed by atoms with E-state index < -0.39 is 35.3 Å². The Morgan fingerprint density at radius 3 is 2.59 bits per heavy atom. The fourth-order valence-electron chi connectivity index (χ4n) is 3.10. The summed E-state index contributed by atoms with van der Waals surface area (Å²) in [6.07, 6.45) is 1.59. The number of benzene rings is 1. The summed E-state index contributed by atoms with van der Waals surface area (Å²) < 4.78 is 1.15. The number of carboxylic acid groups (broad SMARTS) is 1. The van der Waals surface area contributed by atoms with Crippen LogP contribution in [0.2, 0.25) is 0 Å². The van der Waals surface area contributed by atoms with Crippen LogP contribution in [-0.2, 0) is 11.8 Å². The van der Waals surface area contributed by atoms with Crippen molar-refractivity contribution in [3.05, 3.63) is 52.4 Å². The summed E-state index contributed by atoms with van der Waals surface area (Å²) in [5.74, 6) is -2.77. The number of aromatic hydroxyl groups is 1. The molecule has 3 aromatic rings. The Labute approximate surface area is 165 Å². The number of fused-ring (bicyclic) bond motifs is 1. The van der Waals surface area contributed by atoms with E-state index in [0.29, 0.717) is 5.56 Å². The molecule has 3 N–H and O–H groups in total. The van der Waals surface area contributed by atoms with Crippen LogP contribution in [0.1, 0.15) is 10.4 Å². The number of amides is 1. The third-order valence-corrected chi connectivity index (χ3v) is 4.52. The minimum atomic E-state index is -1.26. The minimum Gasteiger partial charge on any atom is -0.506 e. The van der Waals surface area contributed by atoms with Crippen molar-refractivity contribution < 1.29 is 19.8 Å². The highest BCUT2D eigenvalue weighted by atomic mass is 16.4. The molecule has 0 aliphatic rings. The molecule has 0 radical (unpaired) electrons. The van der Waals surface area contributed by atoms with Gasteiger partial charge in [0.05, 0.1) is 5.39 Å². The number of carbonyl (C=O) groups is 2. The van der Waals surface area contributed by atoms with Crippen molar-refractivity contribution in [2.45, 2.75) is 0 Å². The van der Waals surface area contributed by atoms with E-state index in [4.69, 9.17) is 5.11 Å². The van der Waals surface area contributed by atoms with E-state index in [2.05, 4.69) is 10.3 Å². The number of rotatable bonds is 5. The molecular weight excluding hydrogens is 376 g/mol. The number of nitrogens with one attached hydrogen (secondary N) is 1. The summed E-state index contributed by atoms with van der Waals surface area (Å²) in [6.45, 7) is -0.673. The Balaban J connectivity index is 2.22. The van der Waals surface area contributed by atoms with Crippen molar-refractivity contribution in [2.24, 2.45) is 7.05 Å². The van der Waals surface area contributed by atoms with Crippen LogP contribution in [0.4, 0.5) is 5.69 Å². The molecule has 2 heterocycles. The molecule has 150 valence electrons. The smallest absolute Gasteiger partial charge is 0.322 e. The molecule has 0 aliphatic carbocycles. The monoisotopic (exact) mass is 396 g/mol. The minimum absolute atomic E-state index is 0.202. The lowest BCUT2D eigenvalue weighted by atomic mass is 10.0. The SMILES string of the molecule is CN(C)c1ccccc1-c1cnc2c(c1)c(O)c(C(=O)NCC(=O)O)c(=O)n2C. The molecule has 0 saturated heterocycles. The van der Waals surface area contributed by atoms with Crippen molar-refractivity contribution in [1.82, 2.24) is 14.9 Å². The Bertz CT molecular complexity index is 1180. The van der Waals surface area contributed by atoms with Crippen LogP contribution < -0.4 is 15.8 Å². The number of carbonyl (C=O) groups excluding carboxylic acids is 1. The lowest BCUT2D eigenvalue weighted by molar-refractivity contribution is -0.135. The Morgan fingerprint density at radius 2 is 1.93 bits per heavy atom. The number of hydrogen-bond acceptors (Lipinski definition) is 6. The lowest BCUT2D eigenvalue weighted by Gasteiger charge is -2.18. The fraction of sp³-hybridized carbons (Fsp3) is 0.200. The zero-order valence-electron chi connectivity index (χ0n) is 16.1. The summed E-state index contributed by atoms with van der Waals surface area (Å²) >= 11 is 0. The number of hydrogen-bond donors (Lipinski definition) is 3. The third-order valence-electron chi connectivity index (χ3n) is 4.52. The van der Waals surface area contributed by atoms with Gasteiger partial charge >= 0.3 is 5.97 Å². The van der Waals surface area contributed by atoms with Gasteiger partial charge in [-0.05, 0) is 12.1 Å². The second kappa shape index (κ2) is 7.63. The van der Waals surface area contributed by atoms with Crippen LogP contribution >= 0.6 is 0 Å². The largest absolute Gasteiger partial charge is 0.506 e. The number of aryl methyl sites for hydroxylation is 1. The Morgan fingerprint density at radius 1 is 1.24 bits per heavy atom. The van der Waals surface area contributed by atoms with Crippen LogP contribution in [0.15, 0.2) is 41.3 Å². The van der Waals surface area contributed by atoms with E-state index >= 15 is 0 Å². The first kappa shape index (κ1) is 19.9. The van der Waals surface area contributed by atoms with Gasteiger partial charge in [0.15, 0.2) is 0 Å². The van der Waals surface area contributed by atoms with Gasteiger partial charge in [0, 0.05) is 44.2 Å². The molecule has 0 spiro atoms. The maximum absolute atomic E-state index is 12.5. The molecule has 0 unspecified atom stereocenters. The molecule has 0 aliphatic heterocycles. The van der Waals surface area contributed by atoms with Crippen LogP contribution in [0.5, 0.6) is 5.75 Å². The first-order chi connectivity index (χ1) is 13.7. The van der Waals surface area contributed by atoms with Crippen LogP contribution in [0.3, 0.4) is 0 Å². The Kier molecular flexibility index (Phi) is 5.22. The predicted molar refractivity (Wildman–Crippen MR) is 108 cm³/mol. The van der Waals surface area contributed by atoms with Crippen molar-refractivity contribution in [3.63, 3.8) is 0 Å². The summed E-state index contributed by atoms with van der Waals surface area (Å²) in [5.41, 5.74) is 1.38. The molecule has 9 nitrogen and oxygen atoms in total. The van der Waals surface area contributed by atoms with Crippen LogP contribution in [0, 0.1) is 0 Å². The third kappa shape index (κ3) is 3.62. The molecular formula is C20H20N4O5. The van der Waals surface area contributed by atoms with Gasteiger partial charge in [-0.25, -0.2) is 4.98 Å². The van der Waals surface area contributed by atoms with E-state index in [1.807, 2.05) is 43.3 Å². The quantitative estimate of drug-likeness (QED) is 0.591. The molecule has 0 bridgehead atoms. The average molecular weight is 396 g/mol. The molecule has 3 rings (SSSR count). The highest BCUT2D eigenvalue weighted by Crippen LogP contribution is 2.33.